The molecule has 82 valence electrons. The summed E-state index contributed by atoms with van der Waals surface area (Å²) in [6, 6.07) is 0.719. The lowest BCUT2D eigenvalue weighted by Crippen LogP contribution is -2.12. The molecule has 1 aromatic rings. The van der Waals surface area contributed by atoms with Crippen LogP contribution in [0, 0.1) is 5.95 Å². The number of nitrogens with two attached hydrogens (primary N) is 1. The van der Waals surface area contributed by atoms with Gasteiger partial charge in [-0.25, -0.2) is 18.6 Å². The minimum absolute atomic E-state index is 0.126. The number of carboxylic acid groups (broad SMARTS) is 1. The minimum atomic E-state index is -3.05. The van der Waals surface area contributed by atoms with Crippen LogP contribution in [-0.2, 0) is 6.54 Å². The van der Waals surface area contributed by atoms with Gasteiger partial charge in [0.05, 0.1) is 5.56 Å². The van der Waals surface area contributed by atoms with E-state index in [9.17, 15) is 18.0 Å². The van der Waals surface area contributed by atoms with Crippen molar-refractivity contribution in [3.8, 4) is 0 Å². The molecule has 0 aliphatic heterocycles. The van der Waals surface area contributed by atoms with Crippen molar-refractivity contribution >= 4 is 5.97 Å². The van der Waals surface area contributed by atoms with E-state index in [0.29, 0.717) is 0 Å². The van der Waals surface area contributed by atoms with E-state index in [1.807, 2.05) is 0 Å². The van der Waals surface area contributed by atoms with E-state index in [-0.39, 0.29) is 12.1 Å². The largest absolute Gasteiger partial charge is 0.476 e. The van der Waals surface area contributed by atoms with Gasteiger partial charge in [0.15, 0.2) is 5.69 Å². The smallest absolute Gasteiger partial charge is 0.354 e. The molecule has 0 atom stereocenters. The average Bonchev–Trinajstić information content (AvgIpc) is 2.16. The Balaban J connectivity index is 3.35. The minimum Gasteiger partial charge on any atom is -0.476 e. The molecule has 0 saturated heterocycles. The lowest BCUT2D eigenvalue weighted by Gasteiger charge is -2.06. The van der Waals surface area contributed by atoms with Gasteiger partial charge in [0.25, 0.3) is 6.43 Å². The Morgan fingerprint density at radius 1 is 1.60 bits per heavy atom. The van der Waals surface area contributed by atoms with Gasteiger partial charge in [-0.15, -0.1) is 0 Å². The molecule has 15 heavy (non-hydrogen) atoms. The number of aromatic nitrogens is 1. The molecule has 0 unspecified atom stereocenters. The highest BCUT2D eigenvalue weighted by atomic mass is 19.3. The molecule has 0 fully saturated rings. The molecule has 7 heteroatoms. The van der Waals surface area contributed by atoms with E-state index < -0.39 is 29.6 Å². The SMILES string of the molecule is NCc1cc(C(F)F)c(F)nc1C(=O)O. The van der Waals surface area contributed by atoms with Gasteiger partial charge in [-0.2, -0.15) is 4.39 Å². The number of hydrogen-bond acceptors (Lipinski definition) is 3. The zero-order chi connectivity index (χ0) is 11.6. The van der Waals surface area contributed by atoms with Crippen LogP contribution in [0.1, 0.15) is 28.0 Å². The number of carbonyl (C=O) groups is 1. The summed E-state index contributed by atoms with van der Waals surface area (Å²) in [5, 5.41) is 8.58. The van der Waals surface area contributed by atoms with Crippen LogP contribution >= 0.6 is 0 Å². The lowest BCUT2D eigenvalue weighted by atomic mass is 10.1. The fourth-order valence-corrected chi connectivity index (χ4v) is 1.04. The van der Waals surface area contributed by atoms with Crippen molar-refractivity contribution in [3.63, 3.8) is 0 Å². The molecule has 0 amide bonds. The summed E-state index contributed by atoms with van der Waals surface area (Å²) in [5.74, 6) is -2.99. The summed E-state index contributed by atoms with van der Waals surface area (Å²) in [6.07, 6.45) is -3.05. The van der Waals surface area contributed by atoms with Gasteiger partial charge < -0.3 is 10.8 Å². The second-order valence-corrected chi connectivity index (χ2v) is 2.69. The van der Waals surface area contributed by atoms with Crippen molar-refractivity contribution in [2.24, 2.45) is 5.73 Å². The van der Waals surface area contributed by atoms with E-state index in [2.05, 4.69) is 4.98 Å². The summed E-state index contributed by atoms with van der Waals surface area (Å²) < 4.78 is 37.3. The number of halogens is 3. The maximum atomic E-state index is 12.9. The summed E-state index contributed by atoms with van der Waals surface area (Å²) in [5.41, 5.74) is 3.43. The van der Waals surface area contributed by atoms with E-state index >= 15 is 0 Å². The predicted molar refractivity (Wildman–Crippen MR) is 44.0 cm³/mol. The van der Waals surface area contributed by atoms with Crippen LogP contribution < -0.4 is 5.73 Å². The first kappa shape index (κ1) is 11.4. The average molecular weight is 220 g/mol. The van der Waals surface area contributed by atoms with Crippen LogP contribution in [0.4, 0.5) is 13.2 Å². The van der Waals surface area contributed by atoms with E-state index in [1.54, 1.807) is 0 Å². The van der Waals surface area contributed by atoms with Crippen molar-refractivity contribution in [3.05, 3.63) is 28.8 Å². The third-order valence-electron chi connectivity index (χ3n) is 1.74. The quantitative estimate of drug-likeness (QED) is 0.753. The van der Waals surface area contributed by atoms with Gasteiger partial charge in [0.1, 0.15) is 0 Å². The van der Waals surface area contributed by atoms with Crippen LogP contribution in [0.25, 0.3) is 0 Å². The van der Waals surface area contributed by atoms with Crippen molar-refractivity contribution in [2.45, 2.75) is 13.0 Å². The topological polar surface area (TPSA) is 76.2 Å². The predicted octanol–water partition coefficient (Wildman–Crippen LogP) is 1.32. The molecular weight excluding hydrogens is 213 g/mol. The Morgan fingerprint density at radius 3 is 2.60 bits per heavy atom. The maximum absolute atomic E-state index is 12.9. The Morgan fingerprint density at radius 2 is 2.20 bits per heavy atom. The van der Waals surface area contributed by atoms with Crippen molar-refractivity contribution in [1.29, 1.82) is 0 Å². The Bertz CT molecular complexity index is 396. The monoisotopic (exact) mass is 220 g/mol. The van der Waals surface area contributed by atoms with Crippen molar-refractivity contribution in [2.75, 3.05) is 0 Å². The second kappa shape index (κ2) is 4.26. The molecular formula is C8H7F3N2O2. The van der Waals surface area contributed by atoms with Gasteiger partial charge in [-0.3, -0.25) is 0 Å². The summed E-state index contributed by atoms with van der Waals surface area (Å²) in [7, 11) is 0. The van der Waals surface area contributed by atoms with Gasteiger partial charge in [-0.05, 0) is 11.6 Å². The molecule has 4 nitrogen and oxygen atoms in total. The maximum Gasteiger partial charge on any atom is 0.354 e. The Kier molecular flexibility index (Phi) is 3.25. The molecule has 0 bridgehead atoms. The van der Waals surface area contributed by atoms with E-state index in [0.717, 1.165) is 6.07 Å². The molecule has 0 spiro atoms. The first-order chi connectivity index (χ1) is 6.97. The fraction of sp³-hybridized carbons (Fsp3) is 0.250. The zero-order valence-corrected chi connectivity index (χ0v) is 7.38. The normalized spacial score (nSPS) is 10.7. The molecule has 1 heterocycles. The molecule has 1 rings (SSSR count). The van der Waals surface area contributed by atoms with Crippen LogP contribution in [-0.4, -0.2) is 16.1 Å². The van der Waals surface area contributed by atoms with Crippen molar-refractivity contribution < 1.29 is 23.1 Å². The van der Waals surface area contributed by atoms with Crippen LogP contribution in [0.15, 0.2) is 6.07 Å². The molecule has 3 N–H and O–H groups in total. The molecule has 0 aliphatic carbocycles. The van der Waals surface area contributed by atoms with E-state index in [1.165, 1.54) is 0 Å². The number of rotatable bonds is 3. The van der Waals surface area contributed by atoms with Gasteiger partial charge in [0, 0.05) is 6.54 Å². The van der Waals surface area contributed by atoms with Crippen LogP contribution in [0.5, 0.6) is 0 Å². The number of nitrogens with zero attached hydrogens (tertiary/aromatic N) is 1. The van der Waals surface area contributed by atoms with Crippen molar-refractivity contribution in [1.82, 2.24) is 4.98 Å². The van der Waals surface area contributed by atoms with Gasteiger partial charge >= 0.3 is 5.97 Å². The van der Waals surface area contributed by atoms with Gasteiger partial charge in [-0.1, -0.05) is 0 Å². The van der Waals surface area contributed by atoms with Gasteiger partial charge in [0.2, 0.25) is 5.95 Å². The first-order valence-electron chi connectivity index (χ1n) is 3.88. The molecule has 0 aliphatic rings. The highest BCUT2D eigenvalue weighted by Crippen LogP contribution is 2.23. The van der Waals surface area contributed by atoms with E-state index in [4.69, 9.17) is 10.8 Å². The fourth-order valence-electron chi connectivity index (χ4n) is 1.04. The zero-order valence-electron chi connectivity index (χ0n) is 7.38. The highest BCUT2D eigenvalue weighted by molar-refractivity contribution is 5.87. The number of alkyl halides is 2. The molecule has 0 aromatic carbocycles. The number of carboxylic acids is 1. The highest BCUT2D eigenvalue weighted by Gasteiger charge is 2.20. The molecule has 0 saturated carbocycles. The van der Waals surface area contributed by atoms with Crippen LogP contribution in [0.2, 0.25) is 0 Å². The summed E-state index contributed by atoms with van der Waals surface area (Å²) in [6.45, 7) is -0.297. The third-order valence-corrected chi connectivity index (χ3v) is 1.74. The standard InChI is InChI=1S/C8H7F3N2O2/c9-6(10)4-1-3(2-12)5(8(14)15)13-7(4)11/h1,6H,2,12H2,(H,14,15). The summed E-state index contributed by atoms with van der Waals surface area (Å²) >= 11 is 0. The molecule has 0 radical (unpaired) electrons. The summed E-state index contributed by atoms with van der Waals surface area (Å²) in [4.78, 5) is 13.5. The third kappa shape index (κ3) is 2.24. The number of pyridine rings is 1. The Labute approximate surface area is 82.5 Å². The second-order valence-electron chi connectivity index (χ2n) is 2.69. The number of hydrogen-bond donors (Lipinski definition) is 2. The first-order valence-corrected chi connectivity index (χ1v) is 3.88. The lowest BCUT2D eigenvalue weighted by molar-refractivity contribution is 0.0686. The Hall–Kier alpha value is -1.63. The molecule has 1 aromatic heterocycles. The number of aromatic carboxylic acids is 1. The van der Waals surface area contributed by atoms with Crippen LogP contribution in [0.3, 0.4) is 0 Å².